The van der Waals surface area contributed by atoms with Gasteiger partial charge in [-0.2, -0.15) is 5.10 Å². The van der Waals surface area contributed by atoms with Crippen LogP contribution in [0.1, 0.15) is 31.9 Å². The summed E-state index contributed by atoms with van der Waals surface area (Å²) in [6.45, 7) is 3.44. The summed E-state index contributed by atoms with van der Waals surface area (Å²) < 4.78 is 1.98. The minimum absolute atomic E-state index is 0.341. The van der Waals surface area contributed by atoms with E-state index in [1.807, 2.05) is 17.9 Å². The van der Waals surface area contributed by atoms with Crippen LogP contribution in [0.25, 0.3) is 0 Å². The molecule has 0 aromatic carbocycles. The smallest absolute Gasteiger partial charge is 0.0492 e. The summed E-state index contributed by atoms with van der Waals surface area (Å²) in [6.07, 6.45) is 6.81. The number of nitrogens with one attached hydrogen (secondary N) is 1. The highest BCUT2D eigenvalue weighted by atomic mass is 15.3. The van der Waals surface area contributed by atoms with E-state index in [9.17, 15) is 0 Å². The largest absolute Gasteiger partial charge is 0.311 e. The SMILES string of the molecule is CCC1(Cc2ccnn2C)CCCN1. The maximum atomic E-state index is 4.21. The first-order chi connectivity index (χ1) is 6.76. The molecule has 14 heavy (non-hydrogen) atoms. The molecule has 1 aromatic rings. The topological polar surface area (TPSA) is 29.9 Å². The number of aromatic nitrogens is 2. The van der Waals surface area contributed by atoms with E-state index in [1.54, 1.807) is 0 Å². The maximum Gasteiger partial charge on any atom is 0.0492 e. The Morgan fingerprint density at radius 3 is 3.00 bits per heavy atom. The summed E-state index contributed by atoms with van der Waals surface area (Å²) >= 11 is 0. The second-order valence-electron chi connectivity index (χ2n) is 4.29. The molecule has 2 heterocycles. The molecule has 2 rings (SSSR count). The fourth-order valence-electron chi connectivity index (χ4n) is 2.37. The Morgan fingerprint density at radius 2 is 2.50 bits per heavy atom. The summed E-state index contributed by atoms with van der Waals surface area (Å²) in [4.78, 5) is 0. The number of rotatable bonds is 3. The highest BCUT2D eigenvalue weighted by molar-refractivity contribution is 5.08. The Hall–Kier alpha value is -0.830. The number of nitrogens with zero attached hydrogens (tertiary/aromatic N) is 2. The van der Waals surface area contributed by atoms with Crippen molar-refractivity contribution in [3.05, 3.63) is 18.0 Å². The fraction of sp³-hybridized carbons (Fsp3) is 0.727. The molecule has 1 saturated heterocycles. The molecule has 0 saturated carbocycles. The normalized spacial score (nSPS) is 27.0. The van der Waals surface area contributed by atoms with Crippen molar-refractivity contribution in [2.45, 2.75) is 38.1 Å². The van der Waals surface area contributed by atoms with E-state index in [-0.39, 0.29) is 0 Å². The second kappa shape index (κ2) is 3.73. The van der Waals surface area contributed by atoms with E-state index in [0.717, 1.165) is 6.42 Å². The quantitative estimate of drug-likeness (QED) is 0.788. The molecule has 1 atom stereocenters. The van der Waals surface area contributed by atoms with Crippen LogP contribution in [0.3, 0.4) is 0 Å². The lowest BCUT2D eigenvalue weighted by molar-refractivity contribution is 0.351. The minimum Gasteiger partial charge on any atom is -0.311 e. The lowest BCUT2D eigenvalue weighted by Gasteiger charge is -2.28. The zero-order valence-corrected chi connectivity index (χ0v) is 9.08. The van der Waals surface area contributed by atoms with Gasteiger partial charge in [-0.1, -0.05) is 6.92 Å². The third kappa shape index (κ3) is 1.69. The lowest BCUT2D eigenvalue weighted by Crippen LogP contribution is -2.41. The zero-order chi connectivity index (χ0) is 10.0. The molecule has 0 bridgehead atoms. The van der Waals surface area contributed by atoms with Crippen LogP contribution in [-0.4, -0.2) is 21.9 Å². The van der Waals surface area contributed by atoms with Crippen molar-refractivity contribution in [1.29, 1.82) is 0 Å². The van der Waals surface area contributed by atoms with Crippen molar-refractivity contribution >= 4 is 0 Å². The molecule has 1 aliphatic rings. The van der Waals surface area contributed by atoms with Gasteiger partial charge in [0.2, 0.25) is 0 Å². The molecule has 1 aliphatic heterocycles. The summed E-state index contributed by atoms with van der Waals surface area (Å²) in [5.41, 5.74) is 1.68. The lowest BCUT2D eigenvalue weighted by atomic mass is 9.89. The van der Waals surface area contributed by atoms with E-state index in [1.165, 1.54) is 31.5 Å². The third-order valence-electron chi connectivity index (χ3n) is 3.45. The van der Waals surface area contributed by atoms with Crippen LogP contribution in [0.15, 0.2) is 12.3 Å². The second-order valence-corrected chi connectivity index (χ2v) is 4.29. The first-order valence-electron chi connectivity index (χ1n) is 5.48. The summed E-state index contributed by atoms with van der Waals surface area (Å²) in [5, 5.41) is 7.86. The molecule has 0 aliphatic carbocycles. The van der Waals surface area contributed by atoms with Gasteiger partial charge in [-0.05, 0) is 31.9 Å². The Labute approximate surface area is 85.5 Å². The van der Waals surface area contributed by atoms with Crippen molar-refractivity contribution in [2.75, 3.05) is 6.54 Å². The Morgan fingerprint density at radius 1 is 1.64 bits per heavy atom. The molecular weight excluding hydrogens is 174 g/mol. The van der Waals surface area contributed by atoms with Gasteiger partial charge in [-0.3, -0.25) is 4.68 Å². The van der Waals surface area contributed by atoms with Gasteiger partial charge < -0.3 is 5.32 Å². The molecule has 1 aromatic heterocycles. The van der Waals surface area contributed by atoms with E-state index in [4.69, 9.17) is 0 Å². The van der Waals surface area contributed by atoms with Crippen LogP contribution in [0, 0.1) is 0 Å². The van der Waals surface area contributed by atoms with E-state index >= 15 is 0 Å². The average molecular weight is 193 g/mol. The van der Waals surface area contributed by atoms with Gasteiger partial charge >= 0.3 is 0 Å². The first kappa shape index (κ1) is 9.71. The highest BCUT2D eigenvalue weighted by Crippen LogP contribution is 2.26. The fourth-order valence-corrected chi connectivity index (χ4v) is 2.37. The average Bonchev–Trinajstić information content (AvgIpc) is 2.79. The number of hydrogen-bond acceptors (Lipinski definition) is 2. The molecular formula is C11H19N3. The highest BCUT2D eigenvalue weighted by Gasteiger charge is 2.32. The van der Waals surface area contributed by atoms with Gasteiger partial charge in [-0.15, -0.1) is 0 Å². The van der Waals surface area contributed by atoms with Gasteiger partial charge in [0.05, 0.1) is 0 Å². The molecule has 1 fully saturated rings. The van der Waals surface area contributed by atoms with E-state index < -0.39 is 0 Å². The summed E-state index contributed by atoms with van der Waals surface area (Å²) in [6, 6.07) is 2.12. The molecule has 0 radical (unpaired) electrons. The van der Waals surface area contributed by atoms with Crippen LogP contribution < -0.4 is 5.32 Å². The first-order valence-corrected chi connectivity index (χ1v) is 5.48. The Bertz CT molecular complexity index is 297. The molecule has 0 spiro atoms. The monoisotopic (exact) mass is 193 g/mol. The predicted molar refractivity (Wildman–Crippen MR) is 57.2 cm³/mol. The van der Waals surface area contributed by atoms with Crippen molar-refractivity contribution < 1.29 is 0 Å². The van der Waals surface area contributed by atoms with Gasteiger partial charge in [0.1, 0.15) is 0 Å². The van der Waals surface area contributed by atoms with Crippen LogP contribution in [-0.2, 0) is 13.5 Å². The summed E-state index contributed by atoms with van der Waals surface area (Å²) in [5.74, 6) is 0. The molecule has 0 amide bonds. The van der Waals surface area contributed by atoms with Crippen molar-refractivity contribution in [1.82, 2.24) is 15.1 Å². The Balaban J connectivity index is 2.12. The number of aryl methyl sites for hydroxylation is 1. The van der Waals surface area contributed by atoms with Gasteiger partial charge in [0, 0.05) is 30.9 Å². The maximum absolute atomic E-state index is 4.21. The minimum atomic E-state index is 0.341. The van der Waals surface area contributed by atoms with E-state index in [0.29, 0.717) is 5.54 Å². The van der Waals surface area contributed by atoms with Crippen LogP contribution in [0.4, 0.5) is 0 Å². The van der Waals surface area contributed by atoms with Crippen molar-refractivity contribution in [3.63, 3.8) is 0 Å². The zero-order valence-electron chi connectivity index (χ0n) is 9.08. The molecule has 3 nitrogen and oxygen atoms in total. The summed E-state index contributed by atoms with van der Waals surface area (Å²) in [7, 11) is 2.02. The molecule has 1 N–H and O–H groups in total. The molecule has 1 unspecified atom stereocenters. The van der Waals surface area contributed by atoms with Gasteiger partial charge in [0.25, 0.3) is 0 Å². The van der Waals surface area contributed by atoms with Crippen LogP contribution in [0.5, 0.6) is 0 Å². The van der Waals surface area contributed by atoms with Crippen LogP contribution >= 0.6 is 0 Å². The Kier molecular flexibility index (Phi) is 2.59. The van der Waals surface area contributed by atoms with Crippen molar-refractivity contribution in [3.8, 4) is 0 Å². The van der Waals surface area contributed by atoms with Crippen molar-refractivity contribution in [2.24, 2.45) is 7.05 Å². The molecule has 78 valence electrons. The standard InChI is InChI=1S/C11H19N3/c1-3-11(6-4-7-12-11)9-10-5-8-13-14(10)2/h5,8,12H,3-4,6-7,9H2,1-2H3. The predicted octanol–water partition coefficient (Wildman–Crippen LogP) is 1.49. The van der Waals surface area contributed by atoms with Gasteiger partial charge in [-0.25, -0.2) is 0 Å². The number of hydrogen-bond donors (Lipinski definition) is 1. The third-order valence-corrected chi connectivity index (χ3v) is 3.45. The molecule has 3 heteroatoms. The van der Waals surface area contributed by atoms with E-state index in [2.05, 4.69) is 23.4 Å². The van der Waals surface area contributed by atoms with Gasteiger partial charge in [0.15, 0.2) is 0 Å². The van der Waals surface area contributed by atoms with Crippen LogP contribution in [0.2, 0.25) is 0 Å².